The van der Waals surface area contributed by atoms with E-state index in [1.165, 1.54) is 6.07 Å². The number of benzene rings is 1. The number of fused-ring (bicyclic) bond motifs is 1. The van der Waals surface area contributed by atoms with Crippen molar-refractivity contribution in [2.45, 2.75) is 20.5 Å². The number of carbonyl (C=O) groups is 1. The fourth-order valence-corrected chi connectivity index (χ4v) is 2.98. The van der Waals surface area contributed by atoms with Gasteiger partial charge < -0.3 is 23.9 Å². The van der Waals surface area contributed by atoms with Crippen LogP contribution in [0.1, 0.15) is 19.4 Å². The van der Waals surface area contributed by atoms with Crippen LogP contribution in [0.3, 0.4) is 0 Å². The van der Waals surface area contributed by atoms with Gasteiger partial charge in [0, 0.05) is 70.0 Å². The van der Waals surface area contributed by atoms with E-state index in [0.717, 1.165) is 24.2 Å². The molecule has 2 rings (SSSR count). The molecule has 0 aliphatic heterocycles. The van der Waals surface area contributed by atoms with Crippen molar-refractivity contribution >= 4 is 28.7 Å². The number of rotatable bonds is 5. The second-order valence-electron chi connectivity index (χ2n) is 6.70. The van der Waals surface area contributed by atoms with Gasteiger partial charge in [0.15, 0.2) is 0 Å². The van der Waals surface area contributed by atoms with Crippen LogP contribution in [0.15, 0.2) is 38.5 Å². The maximum absolute atomic E-state index is 12.1. The summed E-state index contributed by atoms with van der Waals surface area (Å²) in [5, 5.41) is 0.729. The number of ether oxygens (including phenoxy) is 1. The molecular formula is C20H28N4O4. The van der Waals surface area contributed by atoms with E-state index in [1.54, 1.807) is 38.0 Å². The third-order valence-corrected chi connectivity index (χ3v) is 4.28. The van der Waals surface area contributed by atoms with Gasteiger partial charge >= 0.3 is 11.7 Å². The zero-order chi connectivity index (χ0) is 20.8. The first-order chi connectivity index (χ1) is 13.3. The van der Waals surface area contributed by atoms with Crippen molar-refractivity contribution in [1.29, 1.82) is 0 Å². The molecule has 152 valence electrons. The molecular weight excluding hydrogens is 360 g/mol. The van der Waals surface area contributed by atoms with E-state index in [4.69, 9.17) is 9.15 Å². The molecule has 8 nitrogen and oxygen atoms in total. The van der Waals surface area contributed by atoms with Crippen LogP contribution in [0.4, 0.5) is 10.5 Å². The van der Waals surface area contributed by atoms with E-state index in [-0.39, 0.29) is 6.61 Å². The van der Waals surface area contributed by atoms with Gasteiger partial charge in [0.2, 0.25) is 5.96 Å². The Morgan fingerprint density at radius 1 is 1.07 bits per heavy atom. The van der Waals surface area contributed by atoms with Crippen LogP contribution in [0.25, 0.3) is 11.0 Å². The van der Waals surface area contributed by atoms with Crippen LogP contribution >= 0.6 is 0 Å². The lowest BCUT2D eigenvalue weighted by Gasteiger charge is -2.22. The van der Waals surface area contributed by atoms with Gasteiger partial charge in [-0.05, 0) is 26.0 Å². The molecule has 0 aliphatic carbocycles. The van der Waals surface area contributed by atoms with Gasteiger partial charge in [-0.3, -0.25) is 0 Å². The second kappa shape index (κ2) is 9.25. The zero-order valence-electron chi connectivity index (χ0n) is 17.4. The van der Waals surface area contributed by atoms with E-state index in [0.29, 0.717) is 17.1 Å². The van der Waals surface area contributed by atoms with Gasteiger partial charge in [-0.1, -0.05) is 0 Å². The molecule has 0 N–H and O–H groups in total. The lowest BCUT2D eigenvalue weighted by atomic mass is 10.1. The fourth-order valence-electron chi connectivity index (χ4n) is 2.98. The average Bonchev–Trinajstić information content (AvgIpc) is 2.64. The molecule has 0 saturated carbocycles. The standard InChI is InChI=1S/C20H28N4O4/c1-7-24(8-2)15-9-10-16-14(11-18(25)28-17(16)12-15)13-27-20(26)21-19(22(3)4)23(5)6/h9-12H,7-8,13H2,1-6H3. The van der Waals surface area contributed by atoms with E-state index in [2.05, 4.69) is 23.7 Å². The molecule has 0 spiro atoms. The summed E-state index contributed by atoms with van der Waals surface area (Å²) >= 11 is 0. The Bertz CT molecular complexity index is 904. The highest BCUT2D eigenvalue weighted by Gasteiger charge is 2.13. The van der Waals surface area contributed by atoms with Crippen molar-refractivity contribution in [3.8, 4) is 0 Å². The highest BCUT2D eigenvalue weighted by molar-refractivity contribution is 5.90. The monoisotopic (exact) mass is 388 g/mol. The summed E-state index contributed by atoms with van der Waals surface area (Å²) in [7, 11) is 7.15. The maximum atomic E-state index is 12.1. The van der Waals surface area contributed by atoms with Crippen molar-refractivity contribution in [3.63, 3.8) is 0 Å². The van der Waals surface area contributed by atoms with Crippen molar-refractivity contribution < 1.29 is 13.9 Å². The largest absolute Gasteiger partial charge is 0.443 e. The minimum Gasteiger partial charge on any atom is -0.443 e. The van der Waals surface area contributed by atoms with Crippen LogP contribution in [0, 0.1) is 0 Å². The van der Waals surface area contributed by atoms with Crippen molar-refractivity contribution in [3.05, 3.63) is 40.2 Å². The predicted molar refractivity (Wildman–Crippen MR) is 111 cm³/mol. The molecule has 2 aromatic rings. The molecule has 1 heterocycles. The van der Waals surface area contributed by atoms with Gasteiger partial charge in [0.25, 0.3) is 0 Å². The van der Waals surface area contributed by atoms with Crippen LogP contribution in [-0.2, 0) is 11.3 Å². The summed E-state index contributed by atoms with van der Waals surface area (Å²) in [6.45, 7) is 5.76. The van der Waals surface area contributed by atoms with Gasteiger partial charge in [0.05, 0.1) is 0 Å². The Kier molecular flexibility index (Phi) is 7.03. The lowest BCUT2D eigenvalue weighted by molar-refractivity contribution is 0.150. The van der Waals surface area contributed by atoms with Crippen LogP contribution < -0.4 is 10.5 Å². The number of carbonyl (C=O) groups excluding carboxylic acids is 1. The molecule has 0 atom stereocenters. The van der Waals surface area contributed by atoms with Gasteiger partial charge in [-0.2, -0.15) is 0 Å². The van der Waals surface area contributed by atoms with Crippen molar-refractivity contribution in [2.24, 2.45) is 4.99 Å². The van der Waals surface area contributed by atoms with E-state index < -0.39 is 11.7 Å². The first kappa shape index (κ1) is 21.3. The Hall–Kier alpha value is -3.03. The summed E-state index contributed by atoms with van der Waals surface area (Å²) in [4.78, 5) is 33.6. The number of guanidine groups is 1. The first-order valence-corrected chi connectivity index (χ1v) is 9.18. The second-order valence-corrected chi connectivity index (χ2v) is 6.70. The average molecular weight is 388 g/mol. The molecule has 28 heavy (non-hydrogen) atoms. The molecule has 1 aromatic heterocycles. The molecule has 8 heteroatoms. The number of anilines is 1. The van der Waals surface area contributed by atoms with E-state index in [9.17, 15) is 9.59 Å². The highest BCUT2D eigenvalue weighted by atomic mass is 16.5. The minimum atomic E-state index is -0.724. The number of amides is 1. The van der Waals surface area contributed by atoms with Crippen molar-refractivity contribution in [2.75, 3.05) is 46.2 Å². The van der Waals surface area contributed by atoms with Crippen LogP contribution in [-0.4, -0.2) is 63.1 Å². The Balaban J connectivity index is 2.29. The lowest BCUT2D eigenvalue weighted by Crippen LogP contribution is -2.36. The quantitative estimate of drug-likeness (QED) is 0.443. The maximum Gasteiger partial charge on any atom is 0.437 e. The predicted octanol–water partition coefficient (Wildman–Crippen LogP) is 2.76. The zero-order valence-corrected chi connectivity index (χ0v) is 17.4. The van der Waals surface area contributed by atoms with Crippen LogP contribution in [0.2, 0.25) is 0 Å². The molecule has 0 saturated heterocycles. The molecule has 1 amide bonds. The summed E-state index contributed by atoms with van der Waals surface area (Å²) in [6, 6.07) is 7.02. The third kappa shape index (κ3) is 5.03. The highest BCUT2D eigenvalue weighted by Crippen LogP contribution is 2.24. The Morgan fingerprint density at radius 2 is 1.71 bits per heavy atom. The third-order valence-electron chi connectivity index (χ3n) is 4.28. The molecule has 1 aromatic carbocycles. The van der Waals surface area contributed by atoms with Gasteiger partial charge in [-0.15, -0.1) is 4.99 Å². The van der Waals surface area contributed by atoms with Gasteiger partial charge in [0.1, 0.15) is 12.2 Å². The fraction of sp³-hybridized carbons (Fsp3) is 0.450. The number of nitrogens with zero attached hydrogens (tertiary/aromatic N) is 4. The smallest absolute Gasteiger partial charge is 0.437 e. The van der Waals surface area contributed by atoms with Gasteiger partial charge in [-0.25, -0.2) is 9.59 Å². The summed E-state index contributed by atoms with van der Waals surface area (Å²) in [5.74, 6) is 0.464. The summed E-state index contributed by atoms with van der Waals surface area (Å²) in [6.07, 6.45) is -0.724. The number of hydrogen-bond acceptors (Lipinski definition) is 5. The molecule has 0 unspecified atom stereocenters. The number of hydrogen-bond donors (Lipinski definition) is 0. The number of aliphatic imine (C=N–C) groups is 1. The van der Waals surface area contributed by atoms with E-state index in [1.807, 2.05) is 18.2 Å². The SMILES string of the molecule is CCN(CC)c1ccc2c(COC(=O)N=C(N(C)C)N(C)C)cc(=O)oc2c1. The Morgan fingerprint density at radius 3 is 2.29 bits per heavy atom. The molecule has 0 fully saturated rings. The first-order valence-electron chi connectivity index (χ1n) is 9.18. The molecule has 0 bridgehead atoms. The summed E-state index contributed by atoms with van der Waals surface area (Å²) < 4.78 is 10.6. The normalized spacial score (nSPS) is 10.5. The minimum absolute atomic E-state index is 0.0663. The Labute approximate surface area is 165 Å². The summed E-state index contributed by atoms with van der Waals surface area (Å²) in [5.41, 5.74) is 1.54. The van der Waals surface area contributed by atoms with Crippen molar-refractivity contribution in [1.82, 2.24) is 9.80 Å². The topological polar surface area (TPSA) is 78.6 Å². The molecule has 0 radical (unpaired) electrons. The van der Waals surface area contributed by atoms with Crippen LogP contribution in [0.5, 0.6) is 0 Å². The molecule has 0 aliphatic rings. The van der Waals surface area contributed by atoms with E-state index >= 15 is 0 Å².